The molecule has 1 saturated heterocycles. The number of thiophene rings is 2. The van der Waals surface area contributed by atoms with Gasteiger partial charge in [-0.1, -0.05) is 29.8 Å². The van der Waals surface area contributed by atoms with Crippen LogP contribution in [0.5, 0.6) is 0 Å². The maximum Gasteiger partial charge on any atom is 0.238 e. The van der Waals surface area contributed by atoms with E-state index in [0.29, 0.717) is 23.0 Å². The molecule has 1 aliphatic rings. The Kier molecular flexibility index (Phi) is 5.81. The van der Waals surface area contributed by atoms with E-state index in [1.165, 1.54) is 21.7 Å². The second kappa shape index (κ2) is 8.20. The zero-order valence-corrected chi connectivity index (χ0v) is 18.7. The van der Waals surface area contributed by atoms with Crippen LogP contribution in [0.4, 0.5) is 0 Å². The lowest BCUT2D eigenvalue weighted by atomic mass is 10.2. The van der Waals surface area contributed by atoms with Crippen LogP contribution in [0.15, 0.2) is 54.4 Å². The van der Waals surface area contributed by atoms with E-state index < -0.39 is 15.3 Å². The number of carbonyl (C=O) groups excluding carboxylic acids is 1. The van der Waals surface area contributed by atoms with Gasteiger partial charge in [0.1, 0.15) is 5.25 Å². The number of piperazine rings is 1. The van der Waals surface area contributed by atoms with Crippen LogP contribution in [0.25, 0.3) is 10.1 Å². The van der Waals surface area contributed by atoms with Crippen LogP contribution in [-0.2, 0) is 21.4 Å². The van der Waals surface area contributed by atoms with E-state index in [4.69, 9.17) is 11.6 Å². The second-order valence-electron chi connectivity index (χ2n) is 6.76. The maximum absolute atomic E-state index is 13.3. The van der Waals surface area contributed by atoms with Gasteiger partial charge in [0.2, 0.25) is 15.9 Å². The molecule has 2 aromatic heterocycles. The molecule has 1 atom stereocenters. The molecule has 152 valence electrons. The maximum atomic E-state index is 13.3. The summed E-state index contributed by atoms with van der Waals surface area (Å²) in [6.45, 7) is 4.78. The van der Waals surface area contributed by atoms with Gasteiger partial charge in [0, 0.05) is 32.6 Å². The smallest absolute Gasteiger partial charge is 0.238 e. The number of amides is 1. The van der Waals surface area contributed by atoms with E-state index in [1.807, 2.05) is 35.7 Å². The molecule has 1 fully saturated rings. The molecule has 0 spiro atoms. The quantitative estimate of drug-likeness (QED) is 0.502. The van der Waals surface area contributed by atoms with Crippen molar-refractivity contribution in [2.24, 2.45) is 0 Å². The predicted octanol–water partition coefficient (Wildman–Crippen LogP) is 4.52. The van der Waals surface area contributed by atoms with E-state index in [1.54, 1.807) is 22.3 Å². The van der Waals surface area contributed by atoms with Gasteiger partial charge in [-0.3, -0.25) is 4.79 Å². The summed E-state index contributed by atoms with van der Waals surface area (Å²) in [5.74, 6) is -0.181. The minimum Gasteiger partial charge on any atom is -0.335 e. The highest BCUT2D eigenvalue weighted by molar-refractivity contribution is 7.89. The minimum atomic E-state index is -3.76. The number of carbonyl (C=O) groups is 1. The Labute approximate surface area is 182 Å². The van der Waals surface area contributed by atoms with Crippen molar-refractivity contribution in [1.82, 2.24) is 9.21 Å². The van der Waals surface area contributed by atoms with Crippen molar-refractivity contribution in [2.45, 2.75) is 11.8 Å². The van der Waals surface area contributed by atoms with Crippen LogP contribution in [0, 0.1) is 0 Å². The van der Waals surface area contributed by atoms with Crippen LogP contribution in [-0.4, -0.2) is 43.2 Å². The van der Waals surface area contributed by atoms with Crippen LogP contribution in [0.1, 0.15) is 15.0 Å². The van der Waals surface area contributed by atoms with Crippen molar-refractivity contribution in [2.75, 3.05) is 19.6 Å². The molecular weight excluding hydrogens is 448 g/mol. The zero-order chi connectivity index (χ0) is 20.6. The Morgan fingerprint density at radius 2 is 2.07 bits per heavy atom. The fraction of sp³-hybridized carbons (Fsp3) is 0.250. The van der Waals surface area contributed by atoms with Crippen LogP contribution in [0.3, 0.4) is 0 Å². The Balaban J connectivity index is 1.54. The second-order valence-corrected chi connectivity index (χ2v) is 11.4. The van der Waals surface area contributed by atoms with Crippen molar-refractivity contribution in [3.63, 3.8) is 0 Å². The van der Waals surface area contributed by atoms with E-state index >= 15 is 0 Å². The lowest BCUT2D eigenvalue weighted by molar-refractivity contribution is -0.134. The molecule has 0 N–H and O–H groups in total. The molecule has 0 saturated carbocycles. The molecule has 1 unspecified atom stereocenters. The highest BCUT2D eigenvalue weighted by Gasteiger charge is 2.37. The standard InChI is InChI=1S/C20H19ClN2O3S3/c1-2-19(18-10-14-5-6-15(21)11-17(14)28-18)29(25,26)23-8-7-22(20(24)13-23)12-16-4-3-9-27-16/h2-6,9-11,19H,1,7-8,12-13H2. The third-order valence-corrected chi connectivity index (χ3v) is 9.43. The van der Waals surface area contributed by atoms with E-state index in [0.717, 1.165) is 15.0 Å². The Morgan fingerprint density at radius 3 is 2.76 bits per heavy atom. The number of hydrogen-bond acceptors (Lipinski definition) is 5. The molecule has 1 aliphatic heterocycles. The third kappa shape index (κ3) is 4.13. The molecule has 1 amide bonds. The minimum absolute atomic E-state index is 0.144. The molecule has 3 aromatic rings. The first-order chi connectivity index (χ1) is 13.9. The molecule has 0 aliphatic carbocycles. The molecule has 29 heavy (non-hydrogen) atoms. The molecule has 0 bridgehead atoms. The summed E-state index contributed by atoms with van der Waals surface area (Å²) in [4.78, 5) is 16.1. The summed E-state index contributed by atoms with van der Waals surface area (Å²) in [5.41, 5.74) is 0. The summed E-state index contributed by atoms with van der Waals surface area (Å²) in [5, 5.41) is 2.62. The van der Waals surface area contributed by atoms with Gasteiger partial charge in [0.25, 0.3) is 0 Å². The number of hydrogen-bond donors (Lipinski definition) is 0. The summed E-state index contributed by atoms with van der Waals surface area (Å²) >= 11 is 9.02. The molecule has 0 radical (unpaired) electrons. The summed E-state index contributed by atoms with van der Waals surface area (Å²) in [7, 11) is -3.76. The molecule has 4 rings (SSSR count). The number of halogens is 1. The topological polar surface area (TPSA) is 57.7 Å². The van der Waals surface area contributed by atoms with E-state index in [-0.39, 0.29) is 19.0 Å². The van der Waals surface area contributed by atoms with Gasteiger partial charge in [0.05, 0.1) is 13.1 Å². The highest BCUT2D eigenvalue weighted by atomic mass is 35.5. The number of fused-ring (bicyclic) bond motifs is 1. The molecule has 3 heterocycles. The van der Waals surface area contributed by atoms with Gasteiger partial charge in [0.15, 0.2) is 0 Å². The lowest BCUT2D eigenvalue weighted by Gasteiger charge is -2.34. The normalized spacial score (nSPS) is 17.0. The summed E-state index contributed by atoms with van der Waals surface area (Å²) < 4.78 is 28.8. The first-order valence-corrected chi connectivity index (χ1v) is 12.6. The third-order valence-electron chi connectivity index (χ3n) is 4.89. The first kappa shape index (κ1) is 20.6. The average Bonchev–Trinajstić information content (AvgIpc) is 3.33. The molecular formula is C20H19ClN2O3S3. The van der Waals surface area contributed by atoms with Gasteiger partial charge in [-0.05, 0) is 35.0 Å². The Morgan fingerprint density at radius 1 is 1.24 bits per heavy atom. The van der Waals surface area contributed by atoms with Crippen LogP contribution in [0.2, 0.25) is 5.02 Å². The van der Waals surface area contributed by atoms with Gasteiger partial charge in [-0.25, -0.2) is 8.42 Å². The summed E-state index contributed by atoms with van der Waals surface area (Å²) in [6, 6.07) is 11.3. The van der Waals surface area contributed by atoms with Crippen molar-refractivity contribution in [3.8, 4) is 0 Å². The van der Waals surface area contributed by atoms with Gasteiger partial charge in [-0.15, -0.1) is 29.3 Å². The van der Waals surface area contributed by atoms with Crippen LogP contribution >= 0.6 is 34.3 Å². The van der Waals surface area contributed by atoms with Crippen LogP contribution < -0.4 is 0 Å². The van der Waals surface area contributed by atoms with Crippen molar-refractivity contribution in [3.05, 3.63) is 69.2 Å². The van der Waals surface area contributed by atoms with Crippen molar-refractivity contribution >= 4 is 60.3 Å². The fourth-order valence-electron chi connectivity index (χ4n) is 3.37. The van der Waals surface area contributed by atoms with Gasteiger partial charge >= 0.3 is 0 Å². The number of sulfonamides is 1. The fourth-order valence-corrected chi connectivity index (χ4v) is 7.47. The monoisotopic (exact) mass is 466 g/mol. The molecule has 1 aromatic carbocycles. The number of rotatable bonds is 6. The Bertz CT molecular complexity index is 1160. The first-order valence-electron chi connectivity index (χ1n) is 8.99. The van der Waals surface area contributed by atoms with Crippen molar-refractivity contribution in [1.29, 1.82) is 0 Å². The van der Waals surface area contributed by atoms with Gasteiger partial charge in [-0.2, -0.15) is 4.31 Å². The number of benzene rings is 1. The molecule has 9 heteroatoms. The summed E-state index contributed by atoms with van der Waals surface area (Å²) in [6.07, 6.45) is 1.43. The van der Waals surface area contributed by atoms with E-state index in [2.05, 4.69) is 6.58 Å². The van der Waals surface area contributed by atoms with Gasteiger partial charge < -0.3 is 4.90 Å². The predicted molar refractivity (Wildman–Crippen MR) is 120 cm³/mol. The Hall–Kier alpha value is -1.71. The molecule has 5 nitrogen and oxygen atoms in total. The number of nitrogens with zero attached hydrogens (tertiary/aromatic N) is 2. The van der Waals surface area contributed by atoms with Crippen molar-refractivity contribution < 1.29 is 13.2 Å². The highest BCUT2D eigenvalue weighted by Crippen LogP contribution is 2.37. The lowest BCUT2D eigenvalue weighted by Crippen LogP contribution is -2.52. The largest absolute Gasteiger partial charge is 0.335 e. The SMILES string of the molecule is C=CC(c1cc2ccc(Cl)cc2s1)S(=O)(=O)N1CCN(Cc2cccs2)C(=O)C1. The zero-order valence-electron chi connectivity index (χ0n) is 15.5. The van der Waals surface area contributed by atoms with E-state index in [9.17, 15) is 13.2 Å². The average molecular weight is 467 g/mol.